The van der Waals surface area contributed by atoms with Crippen LogP contribution in [0.3, 0.4) is 0 Å². The van der Waals surface area contributed by atoms with Crippen LogP contribution in [0.2, 0.25) is 0 Å². The smallest absolute Gasteiger partial charge is 0.234 e. The molecule has 1 aromatic heterocycles. The van der Waals surface area contributed by atoms with Gasteiger partial charge in [0.05, 0.1) is 26.0 Å². The van der Waals surface area contributed by atoms with Gasteiger partial charge in [0.1, 0.15) is 11.4 Å². The maximum absolute atomic E-state index is 11.9. The molecule has 9 nitrogen and oxygen atoms in total. The summed E-state index contributed by atoms with van der Waals surface area (Å²) in [6.45, 7) is 9.16. The largest absolute Gasteiger partial charge is 0.466 e. The normalized spacial score (nSPS) is 17.4. The van der Waals surface area contributed by atoms with Crippen molar-refractivity contribution in [2.45, 2.75) is 19.4 Å². The highest BCUT2D eigenvalue weighted by Gasteiger charge is 2.27. The lowest BCUT2D eigenvalue weighted by Gasteiger charge is -2.36. The van der Waals surface area contributed by atoms with Gasteiger partial charge >= 0.3 is 0 Å². The molecule has 10 heteroatoms. The average molecular weight is 523 g/mol. The molecule has 1 unspecified atom stereocenters. The van der Waals surface area contributed by atoms with Crippen LogP contribution in [0.5, 0.6) is 0 Å². The molecule has 0 aliphatic carbocycles. The first-order valence-corrected chi connectivity index (χ1v) is 9.74. The summed E-state index contributed by atoms with van der Waals surface area (Å²) in [7, 11) is 1.61. The maximum Gasteiger partial charge on any atom is 0.234 e. The third kappa shape index (κ3) is 8.49. The van der Waals surface area contributed by atoms with Crippen molar-refractivity contribution in [3.05, 3.63) is 24.2 Å². The molecule has 0 spiro atoms. The van der Waals surface area contributed by atoms with Crippen LogP contribution in [0.4, 0.5) is 0 Å². The molecule has 1 aromatic rings. The van der Waals surface area contributed by atoms with Crippen molar-refractivity contribution in [2.75, 3.05) is 66.1 Å². The number of ether oxygens (including phenoxy) is 1. The van der Waals surface area contributed by atoms with Crippen molar-refractivity contribution in [1.29, 1.82) is 0 Å². The number of halogens is 1. The van der Waals surface area contributed by atoms with Crippen LogP contribution < -0.4 is 10.6 Å². The maximum atomic E-state index is 11.9. The molecule has 1 saturated heterocycles. The summed E-state index contributed by atoms with van der Waals surface area (Å²) in [5, 5.41) is 16.7. The zero-order chi connectivity index (χ0) is 20.4. The van der Waals surface area contributed by atoms with Gasteiger partial charge in [0, 0.05) is 46.4 Å². The van der Waals surface area contributed by atoms with E-state index < -0.39 is 5.60 Å². The summed E-state index contributed by atoms with van der Waals surface area (Å²) < 4.78 is 10.3. The number of rotatable bonds is 9. The first-order chi connectivity index (χ1) is 13.5. The van der Waals surface area contributed by atoms with Crippen LogP contribution >= 0.6 is 24.0 Å². The van der Waals surface area contributed by atoms with E-state index in [1.54, 1.807) is 32.4 Å². The number of aliphatic imine (C=N–C) groups is 1. The predicted molar refractivity (Wildman–Crippen MR) is 123 cm³/mol. The summed E-state index contributed by atoms with van der Waals surface area (Å²) in [5.41, 5.74) is -1.16. The third-order valence-electron chi connectivity index (χ3n) is 4.59. The summed E-state index contributed by atoms with van der Waals surface area (Å²) in [5.74, 6) is 1.27. The molecule has 2 rings (SSSR count). The molecule has 0 aromatic carbocycles. The fourth-order valence-electron chi connectivity index (χ4n) is 2.99. The van der Waals surface area contributed by atoms with E-state index in [9.17, 15) is 9.90 Å². The molecule has 2 heterocycles. The van der Waals surface area contributed by atoms with Gasteiger partial charge in [0.15, 0.2) is 5.96 Å². The summed E-state index contributed by atoms with van der Waals surface area (Å²) >= 11 is 0. The van der Waals surface area contributed by atoms with E-state index in [1.165, 1.54) is 0 Å². The highest BCUT2D eigenvalue weighted by Crippen LogP contribution is 2.21. The van der Waals surface area contributed by atoms with Gasteiger partial charge in [-0.1, -0.05) is 0 Å². The second kappa shape index (κ2) is 13.0. The van der Waals surface area contributed by atoms with E-state index in [4.69, 9.17) is 9.15 Å². The van der Waals surface area contributed by atoms with Crippen LogP contribution in [0.15, 0.2) is 27.8 Å². The third-order valence-corrected chi connectivity index (χ3v) is 4.59. The molecular formula is C19H34IN5O4. The summed E-state index contributed by atoms with van der Waals surface area (Å²) in [6, 6.07) is 3.50. The molecule has 166 valence electrons. The Bertz CT molecular complexity index is 616. The first-order valence-electron chi connectivity index (χ1n) is 9.74. The van der Waals surface area contributed by atoms with Gasteiger partial charge < -0.3 is 29.8 Å². The number of hydrogen-bond donors (Lipinski definition) is 3. The second-order valence-electron chi connectivity index (χ2n) is 7.03. The lowest BCUT2D eigenvalue weighted by Crippen LogP contribution is -2.54. The zero-order valence-electron chi connectivity index (χ0n) is 17.5. The Balaban J connectivity index is 0.00000420. The van der Waals surface area contributed by atoms with Gasteiger partial charge in [-0.2, -0.15) is 0 Å². The van der Waals surface area contributed by atoms with Crippen molar-refractivity contribution in [3.63, 3.8) is 0 Å². The highest BCUT2D eigenvalue weighted by molar-refractivity contribution is 14.0. The average Bonchev–Trinajstić information content (AvgIpc) is 3.22. The number of piperazine rings is 1. The number of methoxy groups -OCH3 is 1. The van der Waals surface area contributed by atoms with Gasteiger partial charge in [0.25, 0.3) is 0 Å². The molecule has 29 heavy (non-hydrogen) atoms. The molecule has 1 amide bonds. The van der Waals surface area contributed by atoms with Gasteiger partial charge in [-0.15, -0.1) is 24.0 Å². The number of nitrogens with one attached hydrogen (secondary N) is 2. The van der Waals surface area contributed by atoms with E-state index in [0.29, 0.717) is 25.5 Å². The monoisotopic (exact) mass is 523 g/mol. The fraction of sp³-hybridized carbons (Fsp3) is 0.684. The van der Waals surface area contributed by atoms with Crippen LogP contribution in [0.25, 0.3) is 0 Å². The number of carbonyl (C=O) groups excluding carboxylic acids is 1. The van der Waals surface area contributed by atoms with E-state index >= 15 is 0 Å². The molecule has 0 bridgehead atoms. The van der Waals surface area contributed by atoms with E-state index in [-0.39, 0.29) is 36.4 Å². The zero-order valence-corrected chi connectivity index (χ0v) is 19.8. The Morgan fingerprint density at radius 3 is 2.66 bits per heavy atom. The summed E-state index contributed by atoms with van der Waals surface area (Å²) in [4.78, 5) is 20.8. The Morgan fingerprint density at radius 2 is 2.07 bits per heavy atom. The minimum absolute atomic E-state index is 0. The van der Waals surface area contributed by atoms with E-state index in [2.05, 4.69) is 25.4 Å². The molecule has 0 radical (unpaired) electrons. The number of nitrogens with zero attached hydrogens (tertiary/aromatic N) is 3. The van der Waals surface area contributed by atoms with Crippen LogP contribution in [-0.2, 0) is 15.1 Å². The number of furan rings is 1. The van der Waals surface area contributed by atoms with Gasteiger partial charge in [-0.05, 0) is 26.0 Å². The molecular weight excluding hydrogens is 489 g/mol. The lowest BCUT2D eigenvalue weighted by molar-refractivity contribution is -0.122. The van der Waals surface area contributed by atoms with Gasteiger partial charge in [-0.25, -0.2) is 4.99 Å². The van der Waals surface area contributed by atoms with Crippen molar-refractivity contribution in [1.82, 2.24) is 20.4 Å². The number of aliphatic hydroxyl groups is 1. The predicted octanol–water partition coefficient (Wildman–Crippen LogP) is 0.451. The molecule has 0 saturated carbocycles. The number of hydrogen-bond acceptors (Lipinski definition) is 6. The summed E-state index contributed by atoms with van der Waals surface area (Å²) in [6.07, 6.45) is 1.55. The highest BCUT2D eigenvalue weighted by atomic mass is 127. The molecule has 1 aliphatic rings. The van der Waals surface area contributed by atoms with Gasteiger partial charge in [0.2, 0.25) is 5.91 Å². The Morgan fingerprint density at radius 1 is 1.34 bits per heavy atom. The lowest BCUT2D eigenvalue weighted by atomic mass is 10.0. The van der Waals surface area contributed by atoms with Crippen molar-refractivity contribution in [2.24, 2.45) is 4.99 Å². The van der Waals surface area contributed by atoms with Crippen molar-refractivity contribution in [3.8, 4) is 0 Å². The standard InChI is InChI=1S/C19H33N5O4.HI/c1-4-20-18(22-15-19(2,26)16-6-5-12-28-16)24-10-8-23(9-11-24)14-17(25)21-7-13-27-3;/h5-6,12,26H,4,7-11,13-15H2,1-3H3,(H,20,22)(H,21,25);1H. The Labute approximate surface area is 189 Å². The molecule has 3 N–H and O–H groups in total. The van der Waals surface area contributed by atoms with Crippen LogP contribution in [0.1, 0.15) is 19.6 Å². The quantitative estimate of drug-likeness (QED) is 0.187. The molecule has 1 atom stereocenters. The molecule has 1 aliphatic heterocycles. The number of amides is 1. The topological polar surface area (TPSA) is 103 Å². The Kier molecular flexibility index (Phi) is 11.5. The second-order valence-corrected chi connectivity index (χ2v) is 7.03. The fourth-order valence-corrected chi connectivity index (χ4v) is 2.99. The number of guanidine groups is 1. The number of carbonyl (C=O) groups is 1. The van der Waals surface area contributed by atoms with Crippen molar-refractivity contribution >= 4 is 35.8 Å². The van der Waals surface area contributed by atoms with Crippen LogP contribution in [0, 0.1) is 0 Å². The minimum atomic E-state index is -1.16. The van der Waals surface area contributed by atoms with Gasteiger partial charge in [-0.3, -0.25) is 9.69 Å². The first kappa shape index (κ1) is 25.7. The van der Waals surface area contributed by atoms with E-state index in [1.807, 2.05) is 6.92 Å². The SMILES string of the molecule is CCNC(=NCC(C)(O)c1ccco1)N1CCN(CC(=O)NCCOC)CC1.I. The van der Waals surface area contributed by atoms with Crippen LogP contribution in [-0.4, -0.2) is 92.8 Å². The van der Waals surface area contributed by atoms with E-state index in [0.717, 1.165) is 38.7 Å². The Hall–Kier alpha value is -1.37. The minimum Gasteiger partial charge on any atom is -0.466 e. The van der Waals surface area contributed by atoms with Crippen molar-refractivity contribution < 1.29 is 19.1 Å². The molecule has 1 fully saturated rings.